The number of allylic oxidation sites excluding steroid dienone is 18. The first-order valence-corrected chi connectivity index (χ1v) is 34.4. The Morgan fingerprint density at radius 3 is 0.753 bits per heavy atom. The average Bonchev–Trinajstić information content (AvgIpc) is 3.46. The third kappa shape index (κ3) is 66.8. The summed E-state index contributed by atoms with van der Waals surface area (Å²) in [5.41, 5.74) is 0. The Labute approximate surface area is 501 Å². The molecule has 0 aromatic heterocycles. The zero-order valence-corrected chi connectivity index (χ0v) is 53.3. The fourth-order valence-electron chi connectivity index (χ4n) is 9.67. The largest absolute Gasteiger partial charge is 0.462 e. The zero-order chi connectivity index (χ0) is 58.5. The van der Waals surface area contributed by atoms with E-state index in [-0.39, 0.29) is 31.1 Å². The molecule has 0 saturated heterocycles. The van der Waals surface area contributed by atoms with Crippen molar-refractivity contribution in [1.29, 1.82) is 0 Å². The fourth-order valence-corrected chi connectivity index (χ4v) is 9.67. The van der Waals surface area contributed by atoms with Gasteiger partial charge in [0.05, 0.1) is 0 Å². The van der Waals surface area contributed by atoms with Gasteiger partial charge in [-0.05, 0) is 89.9 Å². The van der Waals surface area contributed by atoms with Crippen molar-refractivity contribution in [3.63, 3.8) is 0 Å². The van der Waals surface area contributed by atoms with Crippen LogP contribution in [0.15, 0.2) is 109 Å². The highest BCUT2D eigenvalue weighted by molar-refractivity contribution is 5.71. The van der Waals surface area contributed by atoms with Gasteiger partial charge < -0.3 is 14.2 Å². The molecule has 0 bridgehead atoms. The molecule has 464 valence electrons. The van der Waals surface area contributed by atoms with Crippen LogP contribution in [0.4, 0.5) is 0 Å². The minimum atomic E-state index is -0.790. The number of hydrogen-bond donors (Lipinski definition) is 0. The van der Waals surface area contributed by atoms with E-state index in [0.29, 0.717) is 19.3 Å². The van der Waals surface area contributed by atoms with E-state index in [4.69, 9.17) is 14.2 Å². The third-order valence-corrected chi connectivity index (χ3v) is 14.8. The Morgan fingerprint density at radius 2 is 0.481 bits per heavy atom. The second-order valence-corrected chi connectivity index (χ2v) is 22.7. The molecule has 0 rings (SSSR count). The van der Waals surface area contributed by atoms with Gasteiger partial charge in [0.25, 0.3) is 0 Å². The predicted molar refractivity (Wildman–Crippen MR) is 353 cm³/mol. The molecule has 0 saturated carbocycles. The molecular formula is C75H128O6. The van der Waals surface area contributed by atoms with Gasteiger partial charge in [-0.2, -0.15) is 0 Å². The maximum absolute atomic E-state index is 12.9. The lowest BCUT2D eigenvalue weighted by molar-refractivity contribution is -0.167. The molecule has 6 heteroatoms. The van der Waals surface area contributed by atoms with E-state index in [9.17, 15) is 14.4 Å². The number of carbonyl (C=O) groups is 3. The first kappa shape index (κ1) is 77.1. The fraction of sp³-hybridized carbons (Fsp3) is 0.720. The molecule has 1 atom stereocenters. The molecule has 0 aromatic carbocycles. The molecule has 0 heterocycles. The standard InChI is InChI=1S/C75H128O6/c1-4-7-10-13-16-18-20-22-24-26-28-30-32-34-35-36-37-38-39-41-42-44-46-48-50-52-54-56-59-62-65-68-74(77)80-71-72(70-79-73(76)67-64-61-58-15-12-9-6-3)81-75(78)69-66-63-60-57-55-53-51-49-47-45-43-40-33-31-29-27-25-23-21-19-17-14-11-8-5-2/h7,10,16,18,22,24,28,30,34-35,37-38,41-42,46,48,52,54,72H,4-6,8-9,11-15,17,19-21,23,25-27,29,31-33,36,39-40,43-45,47,49-51,53,55-71H2,1-3H3/b10-7-,18-16-,24-22-,30-28-,35-34-,38-37-,42-41-,48-46-,54-52-. The van der Waals surface area contributed by atoms with Gasteiger partial charge in [0.1, 0.15) is 13.2 Å². The van der Waals surface area contributed by atoms with Crippen molar-refractivity contribution < 1.29 is 28.6 Å². The maximum Gasteiger partial charge on any atom is 0.306 e. The van der Waals surface area contributed by atoms with Crippen molar-refractivity contribution in [2.24, 2.45) is 0 Å². The summed E-state index contributed by atoms with van der Waals surface area (Å²) in [5, 5.41) is 0. The zero-order valence-electron chi connectivity index (χ0n) is 53.3. The van der Waals surface area contributed by atoms with E-state index < -0.39 is 6.10 Å². The maximum atomic E-state index is 12.9. The van der Waals surface area contributed by atoms with Gasteiger partial charge in [-0.1, -0.05) is 329 Å². The van der Waals surface area contributed by atoms with E-state index in [1.807, 2.05) is 0 Å². The highest BCUT2D eigenvalue weighted by Crippen LogP contribution is 2.17. The summed E-state index contributed by atoms with van der Waals surface area (Å²) in [4.78, 5) is 38.1. The summed E-state index contributed by atoms with van der Waals surface area (Å²) in [6.07, 6.45) is 94.3. The van der Waals surface area contributed by atoms with Crippen molar-refractivity contribution >= 4 is 17.9 Å². The van der Waals surface area contributed by atoms with Gasteiger partial charge >= 0.3 is 17.9 Å². The summed E-state index contributed by atoms with van der Waals surface area (Å²) in [7, 11) is 0. The van der Waals surface area contributed by atoms with Crippen molar-refractivity contribution in [2.45, 2.75) is 335 Å². The van der Waals surface area contributed by atoms with Crippen LogP contribution in [0.5, 0.6) is 0 Å². The summed E-state index contributed by atoms with van der Waals surface area (Å²) in [6.45, 7) is 6.49. The van der Waals surface area contributed by atoms with Crippen LogP contribution in [0.1, 0.15) is 329 Å². The third-order valence-electron chi connectivity index (χ3n) is 14.8. The van der Waals surface area contributed by atoms with Gasteiger partial charge in [0.2, 0.25) is 0 Å². The van der Waals surface area contributed by atoms with Crippen LogP contribution in [0.2, 0.25) is 0 Å². The van der Waals surface area contributed by atoms with Crippen LogP contribution in [-0.4, -0.2) is 37.2 Å². The molecule has 0 N–H and O–H groups in total. The SMILES string of the molecule is CC/C=C\C/C=C\C/C=C\C/C=C\C/C=C\C/C=C\C/C=C\C/C=C\C/C=C\CCCCCC(=O)OCC(COC(=O)CCCCCCCCC)OC(=O)CCCCCCCCCCCCCCCCCCCCCCCCCCC. The molecule has 0 aliphatic rings. The van der Waals surface area contributed by atoms with Gasteiger partial charge in [-0.25, -0.2) is 0 Å². The lowest BCUT2D eigenvalue weighted by atomic mass is 10.0. The quantitative estimate of drug-likeness (QED) is 0.0261. The highest BCUT2D eigenvalue weighted by atomic mass is 16.6. The Hall–Kier alpha value is -3.93. The Morgan fingerprint density at radius 1 is 0.259 bits per heavy atom. The van der Waals surface area contributed by atoms with E-state index in [0.717, 1.165) is 122 Å². The number of carbonyl (C=O) groups excluding carboxylic acids is 3. The van der Waals surface area contributed by atoms with E-state index in [1.54, 1.807) is 0 Å². The topological polar surface area (TPSA) is 78.9 Å². The van der Waals surface area contributed by atoms with Gasteiger partial charge in [-0.3, -0.25) is 14.4 Å². The van der Waals surface area contributed by atoms with Gasteiger partial charge in [-0.15, -0.1) is 0 Å². The summed E-state index contributed by atoms with van der Waals surface area (Å²) in [5.74, 6) is -0.916. The number of hydrogen-bond acceptors (Lipinski definition) is 6. The normalized spacial score (nSPS) is 12.8. The smallest absolute Gasteiger partial charge is 0.306 e. The molecule has 0 fully saturated rings. The van der Waals surface area contributed by atoms with E-state index in [2.05, 4.69) is 130 Å². The number of esters is 3. The molecule has 0 aliphatic carbocycles. The van der Waals surface area contributed by atoms with Crippen LogP contribution >= 0.6 is 0 Å². The minimum Gasteiger partial charge on any atom is -0.462 e. The average molecular weight is 1130 g/mol. The lowest BCUT2D eigenvalue weighted by Gasteiger charge is -2.18. The molecule has 0 amide bonds. The van der Waals surface area contributed by atoms with Gasteiger partial charge in [0.15, 0.2) is 6.10 Å². The first-order chi connectivity index (χ1) is 40.0. The minimum absolute atomic E-state index is 0.0862. The number of ether oxygens (including phenoxy) is 3. The van der Waals surface area contributed by atoms with Crippen LogP contribution in [0, 0.1) is 0 Å². The molecule has 0 aliphatic heterocycles. The van der Waals surface area contributed by atoms with Gasteiger partial charge in [0, 0.05) is 19.3 Å². The van der Waals surface area contributed by atoms with Crippen molar-refractivity contribution in [3.8, 4) is 0 Å². The van der Waals surface area contributed by atoms with Crippen molar-refractivity contribution in [2.75, 3.05) is 13.2 Å². The Kier molecular flexibility index (Phi) is 65.2. The second-order valence-electron chi connectivity index (χ2n) is 22.7. The van der Waals surface area contributed by atoms with Crippen LogP contribution in [0.3, 0.4) is 0 Å². The van der Waals surface area contributed by atoms with Crippen molar-refractivity contribution in [1.82, 2.24) is 0 Å². The summed E-state index contributed by atoms with van der Waals surface area (Å²) < 4.78 is 16.8. The Bertz CT molecular complexity index is 1620. The molecule has 0 aromatic rings. The summed E-state index contributed by atoms with van der Waals surface area (Å²) in [6, 6.07) is 0. The number of rotatable bonds is 62. The van der Waals surface area contributed by atoms with E-state index >= 15 is 0 Å². The molecule has 6 nitrogen and oxygen atoms in total. The van der Waals surface area contributed by atoms with E-state index in [1.165, 1.54) is 167 Å². The molecule has 0 radical (unpaired) electrons. The van der Waals surface area contributed by atoms with Crippen LogP contribution < -0.4 is 0 Å². The molecule has 0 spiro atoms. The van der Waals surface area contributed by atoms with Crippen molar-refractivity contribution in [3.05, 3.63) is 109 Å². The highest BCUT2D eigenvalue weighted by Gasteiger charge is 2.19. The molecule has 81 heavy (non-hydrogen) atoms. The van der Waals surface area contributed by atoms with Crippen LogP contribution in [-0.2, 0) is 28.6 Å². The summed E-state index contributed by atoms with van der Waals surface area (Å²) >= 11 is 0. The van der Waals surface area contributed by atoms with Crippen LogP contribution in [0.25, 0.3) is 0 Å². The lowest BCUT2D eigenvalue weighted by Crippen LogP contribution is -2.30. The monoisotopic (exact) mass is 1120 g/mol. The Balaban J connectivity index is 4.18. The number of unbranched alkanes of at least 4 members (excludes halogenated alkanes) is 33. The first-order valence-electron chi connectivity index (χ1n) is 34.4. The predicted octanol–water partition coefficient (Wildman–Crippen LogP) is 23.8. The molecule has 1 unspecified atom stereocenters. The second kappa shape index (κ2) is 68.6. The molecular weight excluding hydrogens is 997 g/mol.